The van der Waals surface area contributed by atoms with Gasteiger partial charge in [0.25, 0.3) is 5.56 Å². The van der Waals surface area contributed by atoms with Crippen molar-refractivity contribution < 1.29 is 17.1 Å². The molecule has 0 aliphatic carbocycles. The van der Waals surface area contributed by atoms with Crippen molar-refractivity contribution in [2.75, 3.05) is 0 Å². The Kier molecular flexibility index (Phi) is 3.00. The van der Waals surface area contributed by atoms with Gasteiger partial charge in [0, 0.05) is 28.5 Å². The van der Waals surface area contributed by atoms with Crippen LogP contribution in [0.3, 0.4) is 0 Å². The van der Waals surface area contributed by atoms with Crippen LogP contribution in [-0.4, -0.2) is 4.37 Å². The fourth-order valence-electron chi connectivity index (χ4n) is 0.222. The van der Waals surface area contributed by atoms with Crippen molar-refractivity contribution >= 4 is 11.5 Å². The zero-order valence-electron chi connectivity index (χ0n) is 3.27. The summed E-state index contributed by atoms with van der Waals surface area (Å²) in [5.41, 5.74) is -0.0139. The van der Waals surface area contributed by atoms with Crippen LogP contribution in [0.25, 0.3) is 0 Å². The molecule has 43 valence electrons. The Morgan fingerprint density at radius 1 is 1.71 bits per heavy atom. The topological polar surface area (TPSA) is 32.9 Å². The third-order valence-corrected chi connectivity index (χ3v) is 1.04. The summed E-state index contributed by atoms with van der Waals surface area (Å²) >= 11 is 1.30. The second kappa shape index (κ2) is 3.02. The first-order chi connectivity index (χ1) is 2.89. The number of aromatic nitrogens is 1. The fraction of sp³-hybridized carbons (Fsp3) is 0. The van der Waals surface area contributed by atoms with Crippen molar-refractivity contribution in [1.82, 2.24) is 4.37 Å². The van der Waals surface area contributed by atoms with E-state index in [1.165, 1.54) is 17.6 Å². The standard InChI is InChI=1S/C3H3NOS.Cu/c5-3-1-2-6-4-3;/h1-2H,(H,4,5);. The summed E-state index contributed by atoms with van der Waals surface area (Å²) in [6.07, 6.45) is 0. The van der Waals surface area contributed by atoms with Gasteiger partial charge in [-0.2, -0.15) is 0 Å². The van der Waals surface area contributed by atoms with E-state index in [9.17, 15) is 4.79 Å². The van der Waals surface area contributed by atoms with Crippen LogP contribution >= 0.6 is 11.5 Å². The van der Waals surface area contributed by atoms with Gasteiger partial charge >= 0.3 is 0 Å². The van der Waals surface area contributed by atoms with Gasteiger partial charge in [-0.05, 0) is 0 Å². The van der Waals surface area contributed by atoms with E-state index >= 15 is 0 Å². The maximum absolute atomic E-state index is 10.0. The van der Waals surface area contributed by atoms with Gasteiger partial charge in [0.1, 0.15) is 0 Å². The van der Waals surface area contributed by atoms with Crippen molar-refractivity contribution in [3.8, 4) is 0 Å². The molecule has 0 unspecified atom stereocenters. The molecule has 0 bridgehead atoms. The quantitative estimate of drug-likeness (QED) is 0.555. The third kappa shape index (κ3) is 1.92. The van der Waals surface area contributed by atoms with Gasteiger partial charge in [0.05, 0.1) is 0 Å². The first-order valence-corrected chi connectivity index (χ1v) is 2.40. The molecular weight excluding hydrogens is 162 g/mol. The van der Waals surface area contributed by atoms with Crippen molar-refractivity contribution in [2.45, 2.75) is 0 Å². The Bertz CT molecular complexity index is 153. The molecule has 1 aromatic heterocycles. The average molecular weight is 165 g/mol. The molecule has 0 saturated heterocycles. The van der Waals surface area contributed by atoms with Crippen LogP contribution in [-0.2, 0) is 17.1 Å². The number of hydrogen-bond donors (Lipinski definition) is 1. The summed E-state index contributed by atoms with van der Waals surface area (Å²) in [6, 6.07) is 1.49. The van der Waals surface area contributed by atoms with Gasteiger partial charge in [-0.1, -0.05) is 11.5 Å². The Hall–Kier alpha value is -0.0505. The monoisotopic (exact) mass is 164 g/mol. The summed E-state index contributed by atoms with van der Waals surface area (Å²) < 4.78 is 2.49. The van der Waals surface area contributed by atoms with E-state index in [0.29, 0.717) is 0 Å². The molecule has 0 aromatic carbocycles. The van der Waals surface area contributed by atoms with Crippen LogP contribution in [0.15, 0.2) is 16.2 Å². The third-order valence-electron chi connectivity index (χ3n) is 0.447. The molecular formula is C3H3CuNOS. The molecule has 0 atom stereocenters. The largest absolute Gasteiger partial charge is 0.278 e. The molecule has 0 aliphatic heterocycles. The van der Waals surface area contributed by atoms with Gasteiger partial charge in [-0.25, -0.2) is 0 Å². The van der Waals surface area contributed by atoms with Crippen LogP contribution in [0.4, 0.5) is 0 Å². The predicted molar refractivity (Wildman–Crippen MR) is 24.9 cm³/mol. The van der Waals surface area contributed by atoms with Crippen molar-refractivity contribution in [3.05, 3.63) is 21.8 Å². The normalized spacial score (nSPS) is 7.43. The van der Waals surface area contributed by atoms with Gasteiger partial charge in [0.2, 0.25) is 0 Å². The maximum Gasteiger partial charge on any atom is 0.257 e. The molecule has 2 nitrogen and oxygen atoms in total. The first-order valence-electron chi connectivity index (χ1n) is 1.52. The minimum Gasteiger partial charge on any atom is -0.278 e. The zero-order valence-corrected chi connectivity index (χ0v) is 5.03. The number of hydrogen-bond acceptors (Lipinski definition) is 2. The fourth-order valence-corrected chi connectivity index (χ4v) is 0.666. The molecule has 0 spiro atoms. The van der Waals surface area contributed by atoms with Gasteiger partial charge in [-0.3, -0.25) is 9.17 Å². The molecule has 7 heavy (non-hydrogen) atoms. The summed E-state index contributed by atoms with van der Waals surface area (Å²) in [6.45, 7) is 0. The van der Waals surface area contributed by atoms with Crippen LogP contribution < -0.4 is 5.56 Å². The molecule has 0 saturated carbocycles. The summed E-state index contributed by atoms with van der Waals surface area (Å²) in [4.78, 5) is 10.0. The molecule has 1 rings (SSSR count). The van der Waals surface area contributed by atoms with E-state index in [1.807, 2.05) is 0 Å². The predicted octanol–water partition coefficient (Wildman–Crippen LogP) is 0.434. The van der Waals surface area contributed by atoms with Crippen LogP contribution in [0.1, 0.15) is 0 Å². The summed E-state index contributed by atoms with van der Waals surface area (Å²) in [5.74, 6) is 0. The SMILES string of the molecule is O=c1ccs[nH]1.[Cu]. The Balaban J connectivity index is 0.000000360. The van der Waals surface area contributed by atoms with E-state index in [4.69, 9.17) is 0 Å². The molecule has 1 aromatic rings. The first kappa shape index (κ1) is 6.95. The smallest absolute Gasteiger partial charge is 0.257 e. The van der Waals surface area contributed by atoms with Crippen LogP contribution in [0, 0.1) is 0 Å². The average Bonchev–Trinajstić information content (AvgIpc) is 1.86. The maximum atomic E-state index is 10.0. The van der Waals surface area contributed by atoms with Gasteiger partial charge < -0.3 is 0 Å². The molecule has 4 heteroatoms. The second-order valence-corrected chi connectivity index (χ2v) is 1.60. The van der Waals surface area contributed by atoms with E-state index in [0.717, 1.165) is 0 Å². The zero-order chi connectivity index (χ0) is 4.41. The minimum absolute atomic E-state index is 0. The molecule has 1 heterocycles. The Morgan fingerprint density at radius 2 is 2.43 bits per heavy atom. The second-order valence-electron chi connectivity index (χ2n) is 0.887. The number of aromatic amines is 1. The summed E-state index contributed by atoms with van der Waals surface area (Å²) in [5, 5.41) is 1.71. The van der Waals surface area contributed by atoms with E-state index in [1.54, 1.807) is 5.38 Å². The van der Waals surface area contributed by atoms with Gasteiger partial charge in [-0.15, -0.1) is 0 Å². The number of nitrogens with one attached hydrogen (secondary N) is 1. The molecule has 0 fully saturated rings. The molecule has 1 radical (unpaired) electrons. The van der Waals surface area contributed by atoms with Crippen molar-refractivity contribution in [3.63, 3.8) is 0 Å². The van der Waals surface area contributed by atoms with Crippen LogP contribution in [0.5, 0.6) is 0 Å². The van der Waals surface area contributed by atoms with E-state index in [-0.39, 0.29) is 22.6 Å². The molecule has 0 amide bonds. The molecule has 1 N–H and O–H groups in total. The van der Waals surface area contributed by atoms with E-state index < -0.39 is 0 Å². The van der Waals surface area contributed by atoms with Crippen LogP contribution in [0.2, 0.25) is 0 Å². The summed E-state index contributed by atoms with van der Waals surface area (Å²) in [7, 11) is 0. The minimum atomic E-state index is -0.0139. The Labute approximate surface area is 55.2 Å². The van der Waals surface area contributed by atoms with Crippen molar-refractivity contribution in [2.24, 2.45) is 0 Å². The number of H-pyrrole nitrogens is 1. The van der Waals surface area contributed by atoms with E-state index in [2.05, 4.69) is 4.37 Å². The molecule has 0 aliphatic rings. The number of rotatable bonds is 0. The van der Waals surface area contributed by atoms with Crippen molar-refractivity contribution in [1.29, 1.82) is 0 Å². The Morgan fingerprint density at radius 3 is 2.57 bits per heavy atom. The van der Waals surface area contributed by atoms with Gasteiger partial charge in [0.15, 0.2) is 0 Å².